The van der Waals surface area contributed by atoms with Crippen LogP contribution in [0.25, 0.3) is 0 Å². The smallest absolute Gasteiger partial charge is 0.154 e. The van der Waals surface area contributed by atoms with Crippen molar-refractivity contribution in [1.29, 1.82) is 0 Å². The summed E-state index contributed by atoms with van der Waals surface area (Å²) in [7, 11) is -2.95. The number of halogens is 2. The number of benzene rings is 1. The van der Waals surface area contributed by atoms with Crippen LogP contribution in [0.15, 0.2) is 12.1 Å². The molecule has 0 amide bonds. The highest BCUT2D eigenvalue weighted by molar-refractivity contribution is 14.1. The van der Waals surface area contributed by atoms with Gasteiger partial charge in [-0.25, -0.2) is 12.8 Å². The minimum absolute atomic E-state index is 0.0491. The third-order valence-electron chi connectivity index (χ3n) is 3.67. The van der Waals surface area contributed by atoms with Gasteiger partial charge in [0.15, 0.2) is 9.84 Å². The molecule has 1 atom stereocenters. The summed E-state index contributed by atoms with van der Waals surface area (Å²) in [4.78, 5) is 2.04. The van der Waals surface area contributed by atoms with E-state index in [9.17, 15) is 12.8 Å². The van der Waals surface area contributed by atoms with Crippen molar-refractivity contribution in [1.82, 2.24) is 0 Å². The van der Waals surface area contributed by atoms with Gasteiger partial charge in [0.05, 0.1) is 26.5 Å². The number of anilines is 2. The molecule has 4 nitrogen and oxygen atoms in total. The van der Waals surface area contributed by atoms with E-state index < -0.39 is 9.84 Å². The molecule has 0 aromatic heterocycles. The Morgan fingerprint density at radius 1 is 1.42 bits per heavy atom. The van der Waals surface area contributed by atoms with Gasteiger partial charge in [0, 0.05) is 25.2 Å². The second-order valence-corrected chi connectivity index (χ2v) is 8.35. The summed E-state index contributed by atoms with van der Waals surface area (Å²) >= 11 is 1.97. The zero-order valence-electron chi connectivity index (χ0n) is 10.2. The largest absolute Gasteiger partial charge is 0.383 e. The fraction of sp³-hybridized carbons (Fsp3) is 0.500. The number of hydrogen-bond donors (Lipinski definition) is 1. The average Bonchev–Trinajstić information content (AvgIpc) is 2.48. The van der Waals surface area contributed by atoms with E-state index in [2.05, 4.69) is 5.32 Å². The van der Waals surface area contributed by atoms with Crippen LogP contribution in [0.4, 0.5) is 15.8 Å². The first-order valence-electron chi connectivity index (χ1n) is 6.16. The lowest BCUT2D eigenvalue weighted by atomic mass is 10.1. The van der Waals surface area contributed by atoms with E-state index in [4.69, 9.17) is 0 Å². The molecule has 7 heteroatoms. The predicted octanol–water partition coefficient (Wildman–Crippen LogP) is 1.85. The topological polar surface area (TPSA) is 49.4 Å². The lowest BCUT2D eigenvalue weighted by Crippen LogP contribution is -2.48. The number of rotatable bonds is 0. The lowest BCUT2D eigenvalue weighted by Gasteiger charge is -2.36. The van der Waals surface area contributed by atoms with Gasteiger partial charge in [-0.3, -0.25) is 0 Å². The van der Waals surface area contributed by atoms with Gasteiger partial charge in [-0.15, -0.1) is 0 Å². The molecule has 0 spiro atoms. The normalized spacial score (nSPS) is 24.9. The molecule has 1 fully saturated rings. The summed E-state index contributed by atoms with van der Waals surface area (Å²) in [5.41, 5.74) is 1.68. The van der Waals surface area contributed by atoms with Crippen molar-refractivity contribution in [2.45, 2.75) is 12.5 Å². The molecule has 1 aromatic carbocycles. The quantitative estimate of drug-likeness (QED) is 0.681. The van der Waals surface area contributed by atoms with Crippen LogP contribution >= 0.6 is 22.6 Å². The van der Waals surface area contributed by atoms with Crippen LogP contribution in [0.1, 0.15) is 6.42 Å². The first kappa shape index (κ1) is 13.4. The van der Waals surface area contributed by atoms with E-state index in [1.165, 1.54) is 6.07 Å². The highest BCUT2D eigenvalue weighted by Crippen LogP contribution is 2.35. The van der Waals surface area contributed by atoms with E-state index in [0.29, 0.717) is 16.7 Å². The Labute approximate surface area is 125 Å². The zero-order chi connectivity index (χ0) is 13.6. The van der Waals surface area contributed by atoms with E-state index in [-0.39, 0.29) is 23.4 Å². The maximum atomic E-state index is 13.8. The van der Waals surface area contributed by atoms with Crippen LogP contribution in [0, 0.1) is 9.39 Å². The Morgan fingerprint density at radius 3 is 3.00 bits per heavy atom. The van der Waals surface area contributed by atoms with E-state index in [1.54, 1.807) is 6.07 Å². The molecule has 0 saturated carbocycles. The van der Waals surface area contributed by atoms with Gasteiger partial charge in [0.1, 0.15) is 5.82 Å². The maximum absolute atomic E-state index is 13.8. The number of nitrogens with one attached hydrogen (secondary N) is 1. The molecule has 2 heterocycles. The molecule has 1 unspecified atom stereocenters. The Bertz CT molecular complexity index is 620. The van der Waals surface area contributed by atoms with Crippen LogP contribution < -0.4 is 10.2 Å². The van der Waals surface area contributed by atoms with Gasteiger partial charge >= 0.3 is 0 Å². The lowest BCUT2D eigenvalue weighted by molar-refractivity contribution is 0.549. The van der Waals surface area contributed by atoms with Crippen molar-refractivity contribution in [2.24, 2.45) is 0 Å². The van der Waals surface area contributed by atoms with Crippen molar-refractivity contribution in [3.63, 3.8) is 0 Å². The summed E-state index contributed by atoms with van der Waals surface area (Å²) in [6, 6.07) is 3.25. The number of sulfone groups is 1. The molecule has 19 heavy (non-hydrogen) atoms. The molecular weight excluding hydrogens is 382 g/mol. The molecule has 1 aromatic rings. The SMILES string of the molecule is O=S1(=O)CCN2c3cc(F)c(I)cc3NCCC2C1. The van der Waals surface area contributed by atoms with E-state index in [1.807, 2.05) is 27.5 Å². The number of fused-ring (bicyclic) bond motifs is 3. The maximum Gasteiger partial charge on any atom is 0.154 e. The second kappa shape index (κ2) is 4.76. The summed E-state index contributed by atoms with van der Waals surface area (Å²) in [5.74, 6) is 0.0633. The fourth-order valence-electron chi connectivity index (χ4n) is 2.73. The minimum atomic E-state index is -2.95. The van der Waals surface area contributed by atoms with E-state index in [0.717, 1.165) is 17.8 Å². The first-order chi connectivity index (χ1) is 8.96. The molecule has 1 saturated heterocycles. The van der Waals surface area contributed by atoms with Gasteiger partial charge in [0.25, 0.3) is 0 Å². The average molecular weight is 396 g/mol. The van der Waals surface area contributed by atoms with Crippen LogP contribution in [-0.4, -0.2) is 39.1 Å². The molecule has 0 radical (unpaired) electrons. The van der Waals surface area contributed by atoms with Gasteiger partial charge in [-0.05, 0) is 35.1 Å². The van der Waals surface area contributed by atoms with Crippen LogP contribution in [0.2, 0.25) is 0 Å². The van der Waals surface area contributed by atoms with Crippen LogP contribution in [0.3, 0.4) is 0 Å². The Hall–Kier alpha value is -0.570. The standard InChI is InChI=1S/C12H14FIN2O2S/c13-9-5-12-11(6-10(9)14)15-2-1-8-7-19(17,18)4-3-16(8)12/h5-6,8,15H,1-4,7H2. The molecule has 1 N–H and O–H groups in total. The highest BCUT2D eigenvalue weighted by atomic mass is 127. The fourth-order valence-corrected chi connectivity index (χ4v) is 4.77. The molecule has 0 bridgehead atoms. The monoisotopic (exact) mass is 396 g/mol. The second-order valence-electron chi connectivity index (χ2n) is 4.96. The zero-order valence-corrected chi connectivity index (χ0v) is 13.2. The molecule has 2 aliphatic heterocycles. The van der Waals surface area contributed by atoms with Crippen molar-refractivity contribution >= 4 is 43.8 Å². The van der Waals surface area contributed by atoms with Crippen molar-refractivity contribution in [3.05, 3.63) is 21.5 Å². The van der Waals surface area contributed by atoms with Crippen molar-refractivity contribution in [3.8, 4) is 0 Å². The van der Waals surface area contributed by atoms with Crippen molar-refractivity contribution in [2.75, 3.05) is 34.8 Å². The summed E-state index contributed by atoms with van der Waals surface area (Å²) < 4.78 is 37.8. The summed E-state index contributed by atoms with van der Waals surface area (Å²) in [6.45, 7) is 1.16. The first-order valence-corrected chi connectivity index (χ1v) is 9.06. The molecular formula is C12H14FIN2O2S. The van der Waals surface area contributed by atoms with Gasteiger partial charge in [-0.1, -0.05) is 0 Å². The summed E-state index contributed by atoms with van der Waals surface area (Å²) in [6.07, 6.45) is 0.756. The Balaban J connectivity index is 2.04. The molecule has 3 rings (SSSR count). The molecule has 0 aliphatic carbocycles. The minimum Gasteiger partial charge on any atom is -0.383 e. The molecule has 2 aliphatic rings. The van der Waals surface area contributed by atoms with Gasteiger partial charge < -0.3 is 10.2 Å². The number of hydrogen-bond acceptors (Lipinski definition) is 4. The predicted molar refractivity (Wildman–Crippen MR) is 82.0 cm³/mol. The molecule has 104 valence electrons. The van der Waals surface area contributed by atoms with Gasteiger partial charge in [-0.2, -0.15) is 0 Å². The van der Waals surface area contributed by atoms with E-state index >= 15 is 0 Å². The van der Waals surface area contributed by atoms with Crippen molar-refractivity contribution < 1.29 is 12.8 Å². The van der Waals surface area contributed by atoms with Gasteiger partial charge in [0.2, 0.25) is 0 Å². The Kier molecular flexibility index (Phi) is 3.36. The number of nitrogens with zero attached hydrogens (tertiary/aromatic N) is 1. The Morgan fingerprint density at radius 2 is 2.21 bits per heavy atom. The third kappa shape index (κ3) is 2.54. The summed E-state index contributed by atoms with van der Waals surface area (Å²) in [5, 5.41) is 3.27. The van der Waals surface area contributed by atoms with Crippen LogP contribution in [0.5, 0.6) is 0 Å². The third-order valence-corrected chi connectivity index (χ3v) is 6.20. The van der Waals surface area contributed by atoms with Crippen LogP contribution in [-0.2, 0) is 9.84 Å². The highest BCUT2D eigenvalue weighted by Gasteiger charge is 2.34.